The number of carbonyl (C=O) groups is 1. The summed E-state index contributed by atoms with van der Waals surface area (Å²) in [6, 6.07) is 6.78. The van der Waals surface area contributed by atoms with Crippen LogP contribution in [0.2, 0.25) is 0 Å². The fourth-order valence-electron chi connectivity index (χ4n) is 3.55. The van der Waals surface area contributed by atoms with Crippen LogP contribution in [0.5, 0.6) is 0 Å². The van der Waals surface area contributed by atoms with Crippen molar-refractivity contribution in [3.63, 3.8) is 0 Å². The second-order valence-corrected chi connectivity index (χ2v) is 6.11. The summed E-state index contributed by atoms with van der Waals surface area (Å²) in [7, 11) is 2.20. The van der Waals surface area contributed by atoms with E-state index >= 15 is 0 Å². The van der Waals surface area contributed by atoms with Crippen molar-refractivity contribution in [1.29, 1.82) is 0 Å². The first-order valence-corrected chi connectivity index (χ1v) is 7.44. The van der Waals surface area contributed by atoms with Gasteiger partial charge < -0.3 is 10.6 Å². The maximum atomic E-state index is 12.8. The summed E-state index contributed by atoms with van der Waals surface area (Å²) >= 11 is 0. The van der Waals surface area contributed by atoms with Crippen LogP contribution in [-0.4, -0.2) is 47.9 Å². The highest BCUT2D eigenvalue weighted by Crippen LogP contribution is 2.29. The van der Waals surface area contributed by atoms with Gasteiger partial charge in [0, 0.05) is 36.4 Å². The Morgan fingerprint density at radius 3 is 2.80 bits per heavy atom. The lowest BCUT2D eigenvalue weighted by Gasteiger charge is -2.26. The largest absolute Gasteiger partial charge is 0.398 e. The van der Waals surface area contributed by atoms with E-state index in [1.54, 1.807) is 0 Å². The van der Waals surface area contributed by atoms with Gasteiger partial charge in [-0.1, -0.05) is 6.07 Å². The number of carbonyl (C=O) groups excluding carboxylic acids is 1. The molecule has 2 fully saturated rings. The molecule has 1 aromatic carbocycles. The van der Waals surface area contributed by atoms with Crippen molar-refractivity contribution in [2.24, 2.45) is 0 Å². The van der Waals surface area contributed by atoms with Gasteiger partial charge in [-0.15, -0.1) is 0 Å². The molecular formula is C16H23N3O. The highest BCUT2D eigenvalue weighted by molar-refractivity contribution is 5.97. The maximum absolute atomic E-state index is 12.8. The predicted octanol–water partition coefficient (Wildman–Crippen LogP) is 1.89. The van der Waals surface area contributed by atoms with E-state index in [0.717, 1.165) is 30.6 Å². The molecule has 3 rings (SSSR count). The summed E-state index contributed by atoms with van der Waals surface area (Å²) in [5.74, 6) is 0.135. The average molecular weight is 273 g/mol. The normalized spacial score (nSPS) is 26.6. The number of amides is 1. The number of likely N-dealkylation sites (tertiary alicyclic amines) is 1. The molecule has 1 amide bonds. The Morgan fingerprint density at radius 1 is 1.25 bits per heavy atom. The molecule has 108 valence electrons. The smallest absolute Gasteiger partial charge is 0.254 e. The zero-order chi connectivity index (χ0) is 14.3. The molecule has 20 heavy (non-hydrogen) atoms. The molecule has 0 aliphatic carbocycles. The SMILES string of the molecule is Cc1c(N)cccc1C(=O)N1CCC2CCC(C1)N2C. The van der Waals surface area contributed by atoms with E-state index < -0.39 is 0 Å². The molecule has 4 nitrogen and oxygen atoms in total. The van der Waals surface area contributed by atoms with Crippen LogP contribution >= 0.6 is 0 Å². The number of hydrogen-bond donors (Lipinski definition) is 1. The third-order valence-electron chi connectivity index (χ3n) is 5.04. The van der Waals surface area contributed by atoms with Crippen LogP contribution in [-0.2, 0) is 0 Å². The van der Waals surface area contributed by atoms with Crippen LogP contribution in [0, 0.1) is 6.92 Å². The number of nitrogens with zero attached hydrogens (tertiary/aromatic N) is 2. The second-order valence-electron chi connectivity index (χ2n) is 6.11. The zero-order valence-electron chi connectivity index (χ0n) is 12.3. The maximum Gasteiger partial charge on any atom is 0.254 e. The number of likely N-dealkylation sites (N-methyl/N-ethyl adjacent to an activating group) is 1. The molecule has 2 aliphatic rings. The number of benzene rings is 1. The first-order valence-electron chi connectivity index (χ1n) is 7.44. The molecule has 0 radical (unpaired) electrons. The summed E-state index contributed by atoms with van der Waals surface area (Å²) in [4.78, 5) is 17.2. The van der Waals surface area contributed by atoms with Crippen LogP contribution in [0.1, 0.15) is 35.2 Å². The number of fused-ring (bicyclic) bond motifs is 2. The number of anilines is 1. The number of hydrogen-bond acceptors (Lipinski definition) is 3. The van der Waals surface area contributed by atoms with Crippen LogP contribution in [0.25, 0.3) is 0 Å². The van der Waals surface area contributed by atoms with E-state index in [1.807, 2.05) is 30.0 Å². The molecular weight excluding hydrogens is 250 g/mol. The van der Waals surface area contributed by atoms with Crippen molar-refractivity contribution in [2.75, 3.05) is 25.9 Å². The van der Waals surface area contributed by atoms with Crippen LogP contribution in [0.4, 0.5) is 5.69 Å². The quantitative estimate of drug-likeness (QED) is 0.795. The van der Waals surface area contributed by atoms with Crippen molar-refractivity contribution in [3.8, 4) is 0 Å². The van der Waals surface area contributed by atoms with Gasteiger partial charge in [0.15, 0.2) is 0 Å². The van der Waals surface area contributed by atoms with Crippen molar-refractivity contribution < 1.29 is 4.79 Å². The van der Waals surface area contributed by atoms with Gasteiger partial charge >= 0.3 is 0 Å². The van der Waals surface area contributed by atoms with Gasteiger partial charge in [0.25, 0.3) is 5.91 Å². The van der Waals surface area contributed by atoms with E-state index in [4.69, 9.17) is 5.73 Å². The van der Waals surface area contributed by atoms with Gasteiger partial charge in [0.1, 0.15) is 0 Å². The summed E-state index contributed by atoms with van der Waals surface area (Å²) < 4.78 is 0. The lowest BCUT2D eigenvalue weighted by molar-refractivity contribution is 0.0739. The molecule has 2 unspecified atom stereocenters. The Balaban J connectivity index is 1.82. The topological polar surface area (TPSA) is 49.6 Å². The van der Waals surface area contributed by atoms with E-state index in [2.05, 4.69) is 11.9 Å². The van der Waals surface area contributed by atoms with Gasteiger partial charge in [-0.05, 0) is 50.9 Å². The van der Waals surface area contributed by atoms with Crippen LogP contribution in [0.3, 0.4) is 0 Å². The highest BCUT2D eigenvalue weighted by atomic mass is 16.2. The van der Waals surface area contributed by atoms with Gasteiger partial charge in [-0.3, -0.25) is 9.69 Å². The molecule has 2 atom stereocenters. The molecule has 0 saturated carbocycles. The Hall–Kier alpha value is -1.55. The number of rotatable bonds is 1. The molecule has 0 spiro atoms. The fourth-order valence-corrected chi connectivity index (χ4v) is 3.55. The summed E-state index contributed by atoms with van der Waals surface area (Å²) in [6.07, 6.45) is 3.57. The molecule has 2 aliphatic heterocycles. The van der Waals surface area contributed by atoms with E-state index in [0.29, 0.717) is 17.8 Å². The lowest BCUT2D eigenvalue weighted by Crippen LogP contribution is -2.40. The monoisotopic (exact) mass is 273 g/mol. The molecule has 2 bridgehead atoms. The molecule has 4 heteroatoms. The zero-order valence-corrected chi connectivity index (χ0v) is 12.3. The molecule has 1 aromatic rings. The standard InChI is InChI=1S/C16H23N3O/c1-11-14(4-3-5-15(11)17)16(20)19-9-8-12-6-7-13(10-19)18(12)2/h3-5,12-13H,6-10,17H2,1-2H3. The number of nitrogens with two attached hydrogens (primary N) is 1. The van der Waals surface area contributed by atoms with Crippen molar-refractivity contribution in [1.82, 2.24) is 9.80 Å². The first-order chi connectivity index (χ1) is 9.58. The van der Waals surface area contributed by atoms with Gasteiger partial charge in [0.2, 0.25) is 0 Å². The van der Waals surface area contributed by atoms with Crippen molar-refractivity contribution in [2.45, 2.75) is 38.3 Å². The predicted molar refractivity (Wildman–Crippen MR) is 80.7 cm³/mol. The third-order valence-corrected chi connectivity index (χ3v) is 5.04. The van der Waals surface area contributed by atoms with Crippen LogP contribution in [0.15, 0.2) is 18.2 Å². The third kappa shape index (κ3) is 2.18. The Kier molecular flexibility index (Phi) is 3.42. The van der Waals surface area contributed by atoms with E-state index in [1.165, 1.54) is 12.8 Å². The Labute approximate surface area is 120 Å². The van der Waals surface area contributed by atoms with Crippen molar-refractivity contribution >= 4 is 11.6 Å². The highest BCUT2D eigenvalue weighted by Gasteiger charge is 2.36. The minimum absolute atomic E-state index is 0.135. The summed E-state index contributed by atoms with van der Waals surface area (Å²) in [5, 5.41) is 0. The fraction of sp³-hybridized carbons (Fsp3) is 0.562. The van der Waals surface area contributed by atoms with E-state index in [-0.39, 0.29) is 5.91 Å². The molecule has 2 saturated heterocycles. The van der Waals surface area contributed by atoms with Crippen molar-refractivity contribution in [3.05, 3.63) is 29.3 Å². The number of nitrogen functional groups attached to an aromatic ring is 1. The first kappa shape index (κ1) is 13.4. The average Bonchev–Trinajstić information content (AvgIpc) is 2.66. The Bertz CT molecular complexity index is 528. The summed E-state index contributed by atoms with van der Waals surface area (Å²) in [6.45, 7) is 3.64. The summed E-state index contributed by atoms with van der Waals surface area (Å²) in [5.41, 5.74) is 8.28. The lowest BCUT2D eigenvalue weighted by atomic mass is 10.0. The molecule has 0 aromatic heterocycles. The van der Waals surface area contributed by atoms with Gasteiger partial charge in [0.05, 0.1) is 0 Å². The molecule has 2 heterocycles. The van der Waals surface area contributed by atoms with E-state index in [9.17, 15) is 4.79 Å². The van der Waals surface area contributed by atoms with Gasteiger partial charge in [-0.25, -0.2) is 0 Å². The van der Waals surface area contributed by atoms with Gasteiger partial charge in [-0.2, -0.15) is 0 Å². The minimum Gasteiger partial charge on any atom is -0.398 e. The second kappa shape index (κ2) is 5.09. The van der Waals surface area contributed by atoms with Crippen LogP contribution < -0.4 is 5.73 Å². The minimum atomic E-state index is 0.135. The molecule has 2 N–H and O–H groups in total. The Morgan fingerprint density at radius 2 is 2.00 bits per heavy atom.